The van der Waals surface area contributed by atoms with Crippen LogP contribution in [0.2, 0.25) is 84.1 Å². The molecule has 0 amide bonds. The fourth-order valence-electron chi connectivity index (χ4n) is 12.9. The molecule has 0 fully saturated rings. The predicted octanol–water partition coefficient (Wildman–Crippen LogP) is 16.7. The van der Waals surface area contributed by atoms with Crippen LogP contribution in [-0.4, -0.2) is 67.8 Å². The van der Waals surface area contributed by atoms with E-state index in [1.165, 1.54) is 88.0 Å². The average Bonchev–Trinajstić information content (AvgIpc) is 1.89. The van der Waals surface area contributed by atoms with Crippen molar-refractivity contribution < 1.29 is 10.0 Å². The minimum Gasteiger partial charge on any atom is -0.423 e. The Morgan fingerprint density at radius 3 is 1.34 bits per heavy atom. The molecule has 4 atom stereocenters. The summed E-state index contributed by atoms with van der Waals surface area (Å²) in [6.45, 7) is 28.3. The van der Waals surface area contributed by atoms with Gasteiger partial charge in [-0.1, -0.05) is 358 Å². The lowest BCUT2D eigenvalue weighted by atomic mass is 9.81. The molecular formula is C77H91BBrClO2Si6. The monoisotopic (exact) mass is 1340 g/mol. The molecule has 0 aromatic heterocycles. The summed E-state index contributed by atoms with van der Waals surface area (Å²) in [7, 11) is -7.43. The summed E-state index contributed by atoms with van der Waals surface area (Å²) in [6, 6.07) is 55.4. The highest BCUT2D eigenvalue weighted by atomic mass is 79.9. The van der Waals surface area contributed by atoms with Crippen LogP contribution in [0.1, 0.15) is 50.9 Å². The van der Waals surface area contributed by atoms with E-state index >= 15 is 0 Å². The quantitative estimate of drug-likeness (QED) is 0.0770. The van der Waals surface area contributed by atoms with E-state index in [1.807, 2.05) is 12.1 Å². The molecule has 2 N–H and O–H groups in total. The van der Waals surface area contributed by atoms with Crippen LogP contribution < -0.4 is 26.2 Å². The summed E-state index contributed by atoms with van der Waals surface area (Å²) in [6.07, 6.45) is 36.6. The normalized spacial score (nSPS) is 18.0. The van der Waals surface area contributed by atoms with Gasteiger partial charge in [0.1, 0.15) is 0 Å². The van der Waals surface area contributed by atoms with E-state index < -0.39 is 57.8 Å². The molecule has 0 bridgehead atoms. The lowest BCUT2D eigenvalue weighted by Gasteiger charge is -2.33. The van der Waals surface area contributed by atoms with Crippen molar-refractivity contribution >= 4 is 129 Å². The molecular weight excluding hydrogens is 1250 g/mol. The molecule has 0 aliphatic heterocycles. The Bertz CT molecular complexity index is 3730. The first kappa shape index (κ1) is 66.9. The minimum atomic E-state index is -1.73. The highest BCUT2D eigenvalue weighted by Crippen LogP contribution is 2.47. The van der Waals surface area contributed by atoms with E-state index in [0.29, 0.717) is 28.0 Å². The predicted molar refractivity (Wildman–Crippen MR) is 412 cm³/mol. The van der Waals surface area contributed by atoms with Crippen molar-refractivity contribution in [2.45, 2.75) is 108 Å². The highest BCUT2D eigenvalue weighted by Gasteiger charge is 2.40. The van der Waals surface area contributed by atoms with Crippen molar-refractivity contribution in [1.29, 1.82) is 0 Å². The van der Waals surface area contributed by atoms with Gasteiger partial charge >= 0.3 is 7.12 Å². The van der Waals surface area contributed by atoms with Crippen molar-refractivity contribution in [3.8, 4) is 33.4 Å². The van der Waals surface area contributed by atoms with E-state index in [0.717, 1.165) is 12.3 Å². The average molecular weight is 1340 g/mol. The van der Waals surface area contributed by atoms with Crippen LogP contribution in [-0.2, 0) is 6.42 Å². The maximum absolute atomic E-state index is 8.82. The molecule has 7 aromatic rings. The summed E-state index contributed by atoms with van der Waals surface area (Å²) in [5, 5.41) is 23.6. The Morgan fingerprint density at radius 1 is 0.466 bits per heavy atom. The fourth-order valence-corrected chi connectivity index (χ4v) is 22.7. The van der Waals surface area contributed by atoms with Gasteiger partial charge < -0.3 is 10.0 Å². The Kier molecular flexibility index (Phi) is 22.9. The maximum atomic E-state index is 8.82. The van der Waals surface area contributed by atoms with Crippen LogP contribution >= 0.6 is 27.0 Å². The molecule has 11 heteroatoms. The van der Waals surface area contributed by atoms with Gasteiger partial charge in [-0.3, -0.25) is 0 Å². The number of hydrogen-bond acceptors (Lipinski definition) is 2. The molecule has 0 heterocycles. The molecule has 4 unspecified atom stereocenters. The van der Waals surface area contributed by atoms with Crippen LogP contribution in [0.4, 0.5) is 0 Å². The molecule has 0 saturated heterocycles. The van der Waals surface area contributed by atoms with Gasteiger partial charge in [-0.25, -0.2) is 0 Å². The molecule has 0 spiro atoms. The number of benzene rings is 7. The Labute approximate surface area is 550 Å². The lowest BCUT2D eigenvalue weighted by Crippen LogP contribution is -2.37. The Hall–Kier alpha value is -5.48. The largest absolute Gasteiger partial charge is 0.488 e. The zero-order chi connectivity index (χ0) is 62.9. The standard InChI is InChI=1S/C24H28Si2.C19H23ClSi2.C17H18Si.C9H9Br.C8H13BO2Si/c1-25(2)19-14-12-18(13-15-19)21-10-7-11-23-22(21)16-17-24(23)26(3,4)20-8-5-6-9-20;1-21(2)15-10-8-14(9-11-15)16-6-5-7-18-17(16)12-13-19(18)22(3,4)20;1-18(2)15-11-9-14(10-12-15)17-8-4-6-13-5-3-7-16(13)17;10-9-6-2-4-7-3-1-5-8(7)9;1-12(2)8-5-3-7(4-6-8)9(10)11/h5-17,20,24-25H,1-4H3;5-13,19,21H,1-4H3;3-4,6-12,18H,5H2,1-2H3;1-2,4-8H,3H2;3-6,10-12H,1-2H3. The van der Waals surface area contributed by atoms with E-state index in [9.17, 15) is 0 Å². The molecule has 13 rings (SSSR count). The number of rotatable bonds is 11. The number of fused-ring (bicyclic) bond motifs is 4. The molecule has 88 heavy (non-hydrogen) atoms. The smallest absolute Gasteiger partial charge is 0.423 e. The summed E-state index contributed by atoms with van der Waals surface area (Å²) < 4.78 is 1.33. The van der Waals surface area contributed by atoms with Crippen LogP contribution in [0, 0.1) is 11.8 Å². The highest BCUT2D eigenvalue weighted by molar-refractivity contribution is 9.11. The van der Waals surface area contributed by atoms with Gasteiger partial charge in [0.2, 0.25) is 0 Å². The number of allylic oxidation sites excluding steroid dienone is 13. The second kappa shape index (κ2) is 30.1. The van der Waals surface area contributed by atoms with Crippen molar-refractivity contribution in [1.82, 2.24) is 0 Å². The summed E-state index contributed by atoms with van der Waals surface area (Å²) >= 11 is 10.3. The first-order valence-corrected chi connectivity index (χ1v) is 51.6. The van der Waals surface area contributed by atoms with Gasteiger partial charge in [0.15, 0.2) is 7.38 Å². The Morgan fingerprint density at radius 2 is 0.898 bits per heavy atom. The molecule has 2 nitrogen and oxygen atoms in total. The third-order valence-electron chi connectivity index (χ3n) is 18.5. The second-order valence-electron chi connectivity index (χ2n) is 26.8. The Balaban J connectivity index is 0.000000136. The van der Waals surface area contributed by atoms with Crippen molar-refractivity contribution in [2.24, 2.45) is 11.8 Å². The fraction of sp³-hybridized carbons (Fsp3) is 0.247. The molecule has 6 aliphatic carbocycles. The van der Waals surface area contributed by atoms with Gasteiger partial charge in [0, 0.05) is 15.9 Å². The van der Waals surface area contributed by atoms with E-state index in [-0.39, 0.29) is 0 Å². The van der Waals surface area contributed by atoms with E-state index in [4.69, 9.17) is 21.1 Å². The van der Waals surface area contributed by atoms with Gasteiger partial charge in [0.05, 0.1) is 43.3 Å². The van der Waals surface area contributed by atoms with Gasteiger partial charge in [-0.15, -0.1) is 0 Å². The van der Waals surface area contributed by atoms with Gasteiger partial charge in [0.25, 0.3) is 0 Å². The third-order valence-corrected chi connectivity index (χ3v) is 33.1. The lowest BCUT2D eigenvalue weighted by molar-refractivity contribution is 0.426. The van der Waals surface area contributed by atoms with Gasteiger partial charge in [-0.2, -0.15) is 11.1 Å². The molecule has 0 radical (unpaired) electrons. The summed E-state index contributed by atoms with van der Waals surface area (Å²) in [4.78, 5) is 0. The van der Waals surface area contributed by atoms with Crippen LogP contribution in [0.3, 0.4) is 0 Å². The number of hydrogen-bond donors (Lipinski definition) is 2. The zero-order valence-corrected chi connectivity index (χ0v) is 62.9. The van der Waals surface area contributed by atoms with Crippen LogP contribution in [0.25, 0.3) is 51.6 Å². The summed E-state index contributed by atoms with van der Waals surface area (Å²) in [5.41, 5.74) is 18.9. The molecule has 7 aromatic carbocycles. The summed E-state index contributed by atoms with van der Waals surface area (Å²) in [5.74, 6) is 1.38. The van der Waals surface area contributed by atoms with Gasteiger partial charge in [-0.05, 0) is 102 Å². The molecule has 6 aliphatic rings. The van der Waals surface area contributed by atoms with Crippen LogP contribution in [0.15, 0.2) is 229 Å². The van der Waals surface area contributed by atoms with Crippen molar-refractivity contribution in [2.75, 3.05) is 0 Å². The first-order chi connectivity index (χ1) is 42.1. The first-order valence-electron chi connectivity index (χ1n) is 32.0. The second-order valence-corrected chi connectivity index (χ2v) is 51.2. The third kappa shape index (κ3) is 16.2. The van der Waals surface area contributed by atoms with Crippen molar-refractivity contribution in [3.63, 3.8) is 0 Å². The minimum absolute atomic E-state index is 0.423. The van der Waals surface area contributed by atoms with Crippen LogP contribution in [0.5, 0.6) is 0 Å². The molecule has 0 saturated carbocycles. The molecule has 452 valence electrons. The van der Waals surface area contributed by atoms with E-state index in [2.05, 4.69) is 313 Å². The number of halogens is 2. The zero-order valence-electron chi connectivity index (χ0n) is 53.9. The van der Waals surface area contributed by atoms with E-state index in [1.54, 1.807) is 22.5 Å². The van der Waals surface area contributed by atoms with Crippen molar-refractivity contribution in [3.05, 3.63) is 262 Å². The topological polar surface area (TPSA) is 40.5 Å². The SMILES string of the molecule is BrC1=CC=CC2CC=CC12.C[SiH](C)c1ccc(-c2cccc3c2C=CC3)cc1.C[SiH](C)c1ccc(-c2cccc3c2C=CC3[Si](C)(C)C2C=CC=C2)cc1.C[SiH](C)c1ccc(-c2cccc3c2C=CC3[Si](C)(C)Cl)cc1.C[SiH](C)c1ccc(B(O)O)cc1. The maximum Gasteiger partial charge on any atom is 0.488 e.